The third-order valence-electron chi connectivity index (χ3n) is 3.75. The van der Waals surface area contributed by atoms with Crippen LogP contribution < -0.4 is 10.2 Å². The van der Waals surface area contributed by atoms with E-state index >= 15 is 0 Å². The second-order valence-electron chi connectivity index (χ2n) is 5.29. The van der Waals surface area contributed by atoms with Crippen LogP contribution >= 0.6 is 0 Å². The summed E-state index contributed by atoms with van der Waals surface area (Å²) < 4.78 is 6.98. The summed E-state index contributed by atoms with van der Waals surface area (Å²) in [5, 5.41) is 14.9. The van der Waals surface area contributed by atoms with Gasteiger partial charge in [0.2, 0.25) is 0 Å². The van der Waals surface area contributed by atoms with Gasteiger partial charge in [0.25, 0.3) is 5.91 Å². The van der Waals surface area contributed by atoms with Crippen LogP contribution in [0.5, 0.6) is 11.5 Å². The first-order valence-corrected chi connectivity index (χ1v) is 7.34. The van der Waals surface area contributed by atoms with Crippen LogP contribution in [0.15, 0.2) is 53.8 Å². The Bertz CT molecular complexity index is 928. The van der Waals surface area contributed by atoms with Gasteiger partial charge in [0.1, 0.15) is 11.5 Å². The zero-order chi connectivity index (χ0) is 17.1. The Morgan fingerprint density at radius 2 is 2.08 bits per heavy atom. The summed E-state index contributed by atoms with van der Waals surface area (Å²) in [6.45, 7) is 0. The minimum absolute atomic E-state index is 0.130. The number of nitrogens with one attached hydrogen (secondary N) is 1. The number of phenols is 1. The van der Waals surface area contributed by atoms with Crippen molar-refractivity contribution in [3.8, 4) is 11.5 Å². The summed E-state index contributed by atoms with van der Waals surface area (Å²) in [7, 11) is 3.44. The Hall–Kier alpha value is -3.28. The monoisotopic (exact) mass is 323 g/mol. The van der Waals surface area contributed by atoms with E-state index < -0.39 is 5.91 Å². The Kier molecular flexibility index (Phi) is 4.20. The summed E-state index contributed by atoms with van der Waals surface area (Å²) in [6.07, 6.45) is 3.52. The molecular formula is C18H17N3O3. The van der Waals surface area contributed by atoms with Gasteiger partial charge in [-0.25, -0.2) is 5.43 Å². The fourth-order valence-corrected chi connectivity index (χ4v) is 2.53. The van der Waals surface area contributed by atoms with Gasteiger partial charge in [0.15, 0.2) is 0 Å². The van der Waals surface area contributed by atoms with Crippen molar-refractivity contribution in [3.05, 3.63) is 59.8 Å². The lowest BCUT2D eigenvalue weighted by atomic mass is 10.2. The van der Waals surface area contributed by atoms with E-state index in [4.69, 9.17) is 4.74 Å². The highest BCUT2D eigenvalue weighted by Crippen LogP contribution is 2.23. The normalized spacial score (nSPS) is 11.1. The van der Waals surface area contributed by atoms with Gasteiger partial charge in [-0.2, -0.15) is 5.10 Å². The van der Waals surface area contributed by atoms with Gasteiger partial charge < -0.3 is 14.4 Å². The van der Waals surface area contributed by atoms with Crippen molar-refractivity contribution in [1.82, 2.24) is 9.99 Å². The van der Waals surface area contributed by atoms with Crippen molar-refractivity contribution in [3.63, 3.8) is 0 Å². The number of phenolic OH excluding ortho intramolecular Hbond substituents is 1. The number of hydrogen-bond acceptors (Lipinski definition) is 4. The van der Waals surface area contributed by atoms with Crippen LogP contribution in [0.1, 0.15) is 15.9 Å². The third-order valence-corrected chi connectivity index (χ3v) is 3.75. The van der Waals surface area contributed by atoms with Crippen molar-refractivity contribution < 1.29 is 14.6 Å². The average Bonchev–Trinajstić information content (AvgIpc) is 2.91. The molecule has 6 heteroatoms. The molecule has 0 unspecified atom stereocenters. The number of amides is 1. The Morgan fingerprint density at radius 1 is 1.29 bits per heavy atom. The van der Waals surface area contributed by atoms with Crippen molar-refractivity contribution in [1.29, 1.82) is 0 Å². The zero-order valence-electron chi connectivity index (χ0n) is 13.4. The zero-order valence-corrected chi connectivity index (χ0v) is 13.4. The minimum atomic E-state index is -0.494. The molecule has 1 aromatic heterocycles. The molecule has 0 radical (unpaired) electrons. The van der Waals surface area contributed by atoms with Gasteiger partial charge in [0, 0.05) is 35.8 Å². The Morgan fingerprint density at radius 3 is 2.83 bits per heavy atom. The first-order valence-electron chi connectivity index (χ1n) is 7.34. The number of hydrazone groups is 1. The van der Waals surface area contributed by atoms with Crippen LogP contribution in [0.2, 0.25) is 0 Å². The highest BCUT2D eigenvalue weighted by molar-refractivity contribution is 6.01. The lowest BCUT2D eigenvalue weighted by Crippen LogP contribution is -2.17. The molecule has 1 amide bonds. The predicted octanol–water partition coefficient (Wildman–Crippen LogP) is 2.66. The Balaban J connectivity index is 1.77. The van der Waals surface area contributed by atoms with E-state index in [1.165, 1.54) is 19.2 Å². The summed E-state index contributed by atoms with van der Waals surface area (Å²) in [5.41, 5.74) is 4.53. The van der Waals surface area contributed by atoms with Crippen molar-refractivity contribution in [2.75, 3.05) is 7.11 Å². The van der Waals surface area contributed by atoms with Gasteiger partial charge in [-0.15, -0.1) is 0 Å². The smallest absolute Gasteiger partial charge is 0.275 e. The van der Waals surface area contributed by atoms with Gasteiger partial charge in [-0.3, -0.25) is 4.79 Å². The van der Waals surface area contributed by atoms with E-state index in [1.807, 2.05) is 42.1 Å². The lowest BCUT2D eigenvalue weighted by Gasteiger charge is -2.05. The molecule has 0 spiro atoms. The highest BCUT2D eigenvalue weighted by atomic mass is 16.5. The number of hydrogen-bond donors (Lipinski definition) is 2. The number of para-hydroxylation sites is 1. The van der Waals surface area contributed by atoms with Gasteiger partial charge >= 0.3 is 0 Å². The molecular weight excluding hydrogens is 306 g/mol. The molecule has 0 aliphatic rings. The molecule has 3 aromatic rings. The number of aromatic hydroxyl groups is 1. The molecule has 2 N–H and O–H groups in total. The fourth-order valence-electron chi connectivity index (χ4n) is 2.53. The number of methoxy groups -OCH3 is 1. The molecule has 0 aliphatic carbocycles. The SMILES string of the molecule is COc1ccc(C(=O)N/N=C\c2cn(C)c3ccccc23)c(O)c1. The van der Waals surface area contributed by atoms with Gasteiger partial charge in [-0.05, 0) is 18.2 Å². The van der Waals surface area contributed by atoms with Gasteiger partial charge in [0.05, 0.1) is 18.9 Å². The molecule has 0 bridgehead atoms. The minimum Gasteiger partial charge on any atom is -0.507 e. The number of fused-ring (bicyclic) bond motifs is 1. The summed E-state index contributed by atoms with van der Waals surface area (Å²) >= 11 is 0. The average molecular weight is 323 g/mol. The number of benzene rings is 2. The van der Waals surface area contributed by atoms with E-state index in [0.717, 1.165) is 16.5 Å². The molecule has 122 valence electrons. The number of rotatable bonds is 4. The summed E-state index contributed by atoms with van der Waals surface area (Å²) in [5.74, 6) is -0.179. The van der Waals surface area contributed by atoms with E-state index in [-0.39, 0.29) is 11.3 Å². The largest absolute Gasteiger partial charge is 0.507 e. The van der Waals surface area contributed by atoms with Crippen LogP contribution in [0.25, 0.3) is 10.9 Å². The predicted molar refractivity (Wildman–Crippen MR) is 92.6 cm³/mol. The molecule has 2 aromatic carbocycles. The fraction of sp³-hybridized carbons (Fsp3) is 0.111. The number of nitrogens with zero attached hydrogens (tertiary/aromatic N) is 2. The van der Waals surface area contributed by atoms with E-state index in [1.54, 1.807) is 12.3 Å². The molecule has 0 atom stereocenters. The maximum atomic E-state index is 12.1. The van der Waals surface area contributed by atoms with E-state index in [2.05, 4.69) is 10.5 Å². The first-order chi connectivity index (χ1) is 11.6. The molecule has 6 nitrogen and oxygen atoms in total. The Labute approximate surface area is 139 Å². The second-order valence-corrected chi connectivity index (χ2v) is 5.29. The quantitative estimate of drug-likeness (QED) is 0.572. The van der Waals surface area contributed by atoms with Crippen molar-refractivity contribution in [2.24, 2.45) is 12.1 Å². The maximum Gasteiger partial charge on any atom is 0.275 e. The van der Waals surface area contributed by atoms with Crippen LogP contribution in [0, 0.1) is 0 Å². The van der Waals surface area contributed by atoms with Crippen molar-refractivity contribution >= 4 is 23.0 Å². The summed E-state index contributed by atoms with van der Waals surface area (Å²) in [6, 6.07) is 12.4. The van der Waals surface area contributed by atoms with Crippen LogP contribution in [0.3, 0.4) is 0 Å². The number of carbonyl (C=O) groups is 1. The molecule has 0 fully saturated rings. The molecule has 0 aliphatic heterocycles. The maximum absolute atomic E-state index is 12.1. The number of carbonyl (C=O) groups excluding carboxylic acids is 1. The van der Waals surface area contributed by atoms with E-state index in [0.29, 0.717) is 5.75 Å². The van der Waals surface area contributed by atoms with Crippen LogP contribution in [-0.2, 0) is 7.05 Å². The lowest BCUT2D eigenvalue weighted by molar-refractivity contribution is 0.0952. The molecule has 0 saturated heterocycles. The van der Waals surface area contributed by atoms with Crippen molar-refractivity contribution in [2.45, 2.75) is 0 Å². The molecule has 1 heterocycles. The van der Waals surface area contributed by atoms with E-state index in [9.17, 15) is 9.90 Å². The molecule has 3 rings (SSSR count). The number of aromatic nitrogens is 1. The van der Waals surface area contributed by atoms with Crippen LogP contribution in [0.4, 0.5) is 0 Å². The molecule has 0 saturated carbocycles. The second kappa shape index (κ2) is 6.45. The third kappa shape index (κ3) is 2.94. The van der Waals surface area contributed by atoms with Crippen LogP contribution in [-0.4, -0.2) is 28.9 Å². The number of aryl methyl sites for hydroxylation is 1. The topological polar surface area (TPSA) is 75.8 Å². The number of ether oxygens (including phenoxy) is 1. The summed E-state index contributed by atoms with van der Waals surface area (Å²) in [4.78, 5) is 12.1. The highest BCUT2D eigenvalue weighted by Gasteiger charge is 2.11. The molecule has 24 heavy (non-hydrogen) atoms. The first kappa shape index (κ1) is 15.6. The standard InChI is InChI=1S/C18H17N3O3/c1-21-11-12(14-5-3-4-6-16(14)21)10-19-20-18(23)15-8-7-13(24-2)9-17(15)22/h3-11,22H,1-2H3,(H,20,23)/b19-10-. The van der Waals surface area contributed by atoms with Gasteiger partial charge in [-0.1, -0.05) is 18.2 Å².